The van der Waals surface area contributed by atoms with Gasteiger partial charge in [-0.25, -0.2) is 4.99 Å². The second kappa shape index (κ2) is 8.18. The van der Waals surface area contributed by atoms with E-state index in [2.05, 4.69) is 10.3 Å². The predicted octanol–water partition coefficient (Wildman–Crippen LogP) is 3.25. The van der Waals surface area contributed by atoms with Crippen molar-refractivity contribution in [1.82, 2.24) is 10.2 Å². The number of guanidine groups is 1. The first-order valence-corrected chi connectivity index (χ1v) is 8.25. The van der Waals surface area contributed by atoms with Crippen LogP contribution in [0.25, 0.3) is 0 Å². The molecule has 0 bridgehead atoms. The molecule has 0 radical (unpaired) electrons. The van der Waals surface area contributed by atoms with Crippen LogP contribution in [-0.2, 0) is 12.1 Å². The maximum absolute atomic E-state index is 10.8. The molecular weight excluding hydrogens is 322 g/mol. The predicted molar refractivity (Wildman–Crippen MR) is 100 cm³/mol. The van der Waals surface area contributed by atoms with Crippen LogP contribution in [0.5, 0.6) is 0 Å². The van der Waals surface area contributed by atoms with Crippen LogP contribution < -0.4 is 5.32 Å². The highest BCUT2D eigenvalue weighted by atomic mass is 35.5. The van der Waals surface area contributed by atoms with Gasteiger partial charge in [-0.1, -0.05) is 60.1 Å². The van der Waals surface area contributed by atoms with Gasteiger partial charge in [0.15, 0.2) is 5.96 Å². The zero-order valence-corrected chi connectivity index (χ0v) is 15.1. The van der Waals surface area contributed by atoms with Gasteiger partial charge in [0.05, 0.1) is 13.1 Å². The summed E-state index contributed by atoms with van der Waals surface area (Å²) in [6.07, 6.45) is 0. The molecule has 0 aromatic heterocycles. The van der Waals surface area contributed by atoms with Crippen molar-refractivity contribution in [2.75, 3.05) is 20.6 Å². The fourth-order valence-electron chi connectivity index (χ4n) is 2.35. The number of hydrogen-bond acceptors (Lipinski definition) is 2. The fourth-order valence-corrected chi connectivity index (χ4v) is 2.69. The molecule has 0 amide bonds. The quantitative estimate of drug-likeness (QED) is 0.646. The number of nitrogens with one attached hydrogen (secondary N) is 1. The highest BCUT2D eigenvalue weighted by molar-refractivity contribution is 6.31. The van der Waals surface area contributed by atoms with Crippen LogP contribution >= 0.6 is 11.6 Å². The van der Waals surface area contributed by atoms with E-state index in [1.54, 1.807) is 13.0 Å². The van der Waals surface area contributed by atoms with E-state index < -0.39 is 5.60 Å². The summed E-state index contributed by atoms with van der Waals surface area (Å²) in [7, 11) is 3.84. The van der Waals surface area contributed by atoms with E-state index in [1.165, 1.54) is 0 Å². The minimum Gasteiger partial charge on any atom is -0.384 e. The molecule has 0 aliphatic heterocycles. The Hall–Kier alpha value is -2.04. The number of aliphatic hydroxyl groups is 1. The smallest absolute Gasteiger partial charge is 0.193 e. The molecule has 0 aliphatic carbocycles. The third-order valence-corrected chi connectivity index (χ3v) is 4.05. The Bertz CT molecular complexity index is 684. The molecule has 4 nitrogen and oxygen atoms in total. The van der Waals surface area contributed by atoms with E-state index in [-0.39, 0.29) is 0 Å². The Balaban J connectivity index is 2.07. The van der Waals surface area contributed by atoms with Crippen LogP contribution in [0.15, 0.2) is 59.6 Å². The first-order chi connectivity index (χ1) is 11.4. The van der Waals surface area contributed by atoms with Crippen molar-refractivity contribution in [3.63, 3.8) is 0 Å². The van der Waals surface area contributed by atoms with Crippen molar-refractivity contribution < 1.29 is 5.11 Å². The van der Waals surface area contributed by atoms with Crippen LogP contribution in [-0.4, -0.2) is 36.6 Å². The zero-order chi connectivity index (χ0) is 17.6. The molecule has 128 valence electrons. The maximum atomic E-state index is 10.8. The zero-order valence-electron chi connectivity index (χ0n) is 14.3. The van der Waals surface area contributed by atoms with Gasteiger partial charge in [-0.05, 0) is 18.6 Å². The van der Waals surface area contributed by atoms with Crippen LogP contribution in [0.4, 0.5) is 0 Å². The largest absolute Gasteiger partial charge is 0.384 e. The van der Waals surface area contributed by atoms with Gasteiger partial charge >= 0.3 is 0 Å². The molecule has 5 heteroatoms. The summed E-state index contributed by atoms with van der Waals surface area (Å²) >= 11 is 6.20. The highest BCUT2D eigenvalue weighted by Crippen LogP contribution is 2.27. The fraction of sp³-hybridized carbons (Fsp3) is 0.316. The van der Waals surface area contributed by atoms with Gasteiger partial charge in [0.1, 0.15) is 5.60 Å². The molecule has 24 heavy (non-hydrogen) atoms. The third kappa shape index (κ3) is 4.98. The molecule has 2 N–H and O–H groups in total. The molecule has 0 fully saturated rings. The lowest BCUT2D eigenvalue weighted by Gasteiger charge is -2.27. The summed E-state index contributed by atoms with van der Waals surface area (Å²) in [5.74, 6) is 0.714. The van der Waals surface area contributed by atoms with Crippen molar-refractivity contribution in [3.8, 4) is 0 Å². The van der Waals surface area contributed by atoms with Crippen molar-refractivity contribution in [2.24, 2.45) is 4.99 Å². The van der Waals surface area contributed by atoms with Crippen LogP contribution in [0.1, 0.15) is 18.1 Å². The van der Waals surface area contributed by atoms with Gasteiger partial charge in [0.25, 0.3) is 0 Å². The van der Waals surface area contributed by atoms with Gasteiger partial charge in [-0.15, -0.1) is 0 Å². The van der Waals surface area contributed by atoms with E-state index in [4.69, 9.17) is 11.6 Å². The van der Waals surface area contributed by atoms with Crippen molar-refractivity contribution >= 4 is 17.6 Å². The second-order valence-electron chi connectivity index (χ2n) is 6.13. The summed E-state index contributed by atoms with van der Waals surface area (Å²) in [4.78, 5) is 6.49. The third-order valence-electron chi connectivity index (χ3n) is 3.72. The lowest BCUT2D eigenvalue weighted by atomic mass is 9.96. The molecule has 1 atom stereocenters. The molecule has 2 rings (SSSR count). The number of aliphatic imine (C=N–C) groups is 1. The number of hydrogen-bond donors (Lipinski definition) is 2. The Labute approximate surface area is 148 Å². The van der Waals surface area contributed by atoms with Gasteiger partial charge in [-0.2, -0.15) is 0 Å². The van der Waals surface area contributed by atoms with E-state index in [1.807, 2.05) is 67.5 Å². The van der Waals surface area contributed by atoms with E-state index >= 15 is 0 Å². The Morgan fingerprint density at radius 3 is 2.38 bits per heavy atom. The summed E-state index contributed by atoms with van der Waals surface area (Å²) in [6, 6.07) is 17.4. The SMILES string of the molecule is CN(C)C(=NCc1ccccc1)NCC(C)(O)c1ccccc1Cl. The monoisotopic (exact) mass is 345 g/mol. The average molecular weight is 346 g/mol. The topological polar surface area (TPSA) is 47.9 Å². The van der Waals surface area contributed by atoms with E-state index in [0.29, 0.717) is 29.6 Å². The number of halogens is 1. The lowest BCUT2D eigenvalue weighted by molar-refractivity contribution is 0.0613. The lowest BCUT2D eigenvalue weighted by Crippen LogP contribution is -2.44. The molecule has 0 saturated carbocycles. The normalized spacial score (nSPS) is 14.1. The Kier molecular flexibility index (Phi) is 6.23. The van der Waals surface area contributed by atoms with Gasteiger partial charge < -0.3 is 15.3 Å². The Morgan fingerprint density at radius 1 is 1.12 bits per heavy atom. The van der Waals surface area contributed by atoms with Crippen molar-refractivity contribution in [3.05, 3.63) is 70.7 Å². The molecule has 1 unspecified atom stereocenters. The van der Waals surface area contributed by atoms with Crippen molar-refractivity contribution in [2.45, 2.75) is 19.1 Å². The van der Waals surface area contributed by atoms with Gasteiger partial charge in [0, 0.05) is 24.7 Å². The van der Waals surface area contributed by atoms with Gasteiger partial charge in [-0.3, -0.25) is 0 Å². The van der Waals surface area contributed by atoms with Gasteiger partial charge in [0.2, 0.25) is 0 Å². The summed E-state index contributed by atoms with van der Waals surface area (Å²) in [6.45, 7) is 2.63. The van der Waals surface area contributed by atoms with E-state index in [0.717, 1.165) is 5.56 Å². The standard InChI is InChI=1S/C19H24ClN3O/c1-19(24,16-11-7-8-12-17(16)20)14-22-18(23(2)3)21-13-15-9-5-4-6-10-15/h4-12,24H,13-14H2,1-3H3,(H,21,22). The number of rotatable bonds is 5. The summed E-state index contributed by atoms with van der Waals surface area (Å²) in [5, 5.41) is 14.5. The first kappa shape index (κ1) is 18.3. The molecular formula is C19H24ClN3O. The molecule has 2 aromatic rings. The molecule has 0 spiro atoms. The highest BCUT2D eigenvalue weighted by Gasteiger charge is 2.26. The second-order valence-corrected chi connectivity index (χ2v) is 6.53. The number of benzene rings is 2. The van der Waals surface area contributed by atoms with Crippen LogP contribution in [0.3, 0.4) is 0 Å². The average Bonchev–Trinajstić information content (AvgIpc) is 2.55. The molecule has 0 aliphatic rings. The number of nitrogens with zero attached hydrogens (tertiary/aromatic N) is 2. The Morgan fingerprint density at radius 2 is 1.75 bits per heavy atom. The van der Waals surface area contributed by atoms with Crippen LogP contribution in [0.2, 0.25) is 5.02 Å². The maximum Gasteiger partial charge on any atom is 0.193 e. The summed E-state index contributed by atoms with van der Waals surface area (Å²) < 4.78 is 0. The molecule has 0 saturated heterocycles. The minimum atomic E-state index is -1.10. The molecule has 2 aromatic carbocycles. The summed E-state index contributed by atoms with van der Waals surface area (Å²) in [5.41, 5.74) is 0.735. The molecule has 0 heterocycles. The first-order valence-electron chi connectivity index (χ1n) is 7.87. The van der Waals surface area contributed by atoms with Crippen LogP contribution in [0, 0.1) is 0 Å². The van der Waals surface area contributed by atoms with E-state index in [9.17, 15) is 5.11 Å². The van der Waals surface area contributed by atoms with Crippen molar-refractivity contribution in [1.29, 1.82) is 0 Å². The minimum absolute atomic E-state index is 0.308.